The number of hydrogen-bond donors (Lipinski definition) is 2. The number of rotatable bonds is 6. The summed E-state index contributed by atoms with van der Waals surface area (Å²) < 4.78 is 28.4. The number of carbonyl (C=O) groups excluding carboxylic acids is 1. The van der Waals surface area contributed by atoms with Gasteiger partial charge in [0.2, 0.25) is 15.9 Å². The van der Waals surface area contributed by atoms with E-state index in [1.54, 1.807) is 7.05 Å². The summed E-state index contributed by atoms with van der Waals surface area (Å²) in [6.45, 7) is 1.07. The molecule has 1 atom stereocenters. The number of carbonyl (C=O) groups is 1. The van der Waals surface area contributed by atoms with Crippen molar-refractivity contribution in [2.75, 3.05) is 19.6 Å². The molecule has 0 spiro atoms. The molecule has 9 heteroatoms. The van der Waals surface area contributed by atoms with E-state index >= 15 is 0 Å². The van der Waals surface area contributed by atoms with E-state index in [0.29, 0.717) is 13.1 Å². The molecule has 0 bridgehead atoms. The topological polar surface area (TPSA) is 110 Å². The summed E-state index contributed by atoms with van der Waals surface area (Å²) in [5.74, 6) is -0.146. The number of aromatic nitrogens is 2. The highest BCUT2D eigenvalue weighted by Gasteiger charge is 2.34. The smallest absolute Gasteiger partial charge is 0.246 e. The molecule has 1 aliphatic rings. The second-order valence-electron chi connectivity index (χ2n) is 5.46. The molecule has 22 heavy (non-hydrogen) atoms. The zero-order valence-corrected chi connectivity index (χ0v) is 13.6. The number of nitrogens with zero attached hydrogens (tertiary/aromatic N) is 3. The predicted molar refractivity (Wildman–Crippen MR) is 81.4 cm³/mol. The third-order valence-corrected chi connectivity index (χ3v) is 5.67. The van der Waals surface area contributed by atoms with E-state index in [1.165, 1.54) is 21.4 Å². The van der Waals surface area contributed by atoms with Crippen LogP contribution in [0.2, 0.25) is 0 Å². The lowest BCUT2D eigenvalue weighted by molar-refractivity contribution is -0.121. The van der Waals surface area contributed by atoms with Crippen molar-refractivity contribution >= 4 is 15.9 Å². The molecular weight excluding hydrogens is 306 g/mol. The van der Waals surface area contributed by atoms with Gasteiger partial charge in [0.05, 0.1) is 6.20 Å². The third kappa shape index (κ3) is 3.84. The Morgan fingerprint density at radius 1 is 1.50 bits per heavy atom. The van der Waals surface area contributed by atoms with Gasteiger partial charge in [-0.25, -0.2) is 8.42 Å². The van der Waals surface area contributed by atoms with E-state index in [2.05, 4.69) is 10.4 Å². The predicted octanol–water partition coefficient (Wildman–Crippen LogP) is -0.572. The molecular formula is C13H23N5O3S. The van der Waals surface area contributed by atoms with Crippen molar-refractivity contribution < 1.29 is 13.2 Å². The quantitative estimate of drug-likeness (QED) is 0.726. The maximum Gasteiger partial charge on any atom is 0.246 e. The van der Waals surface area contributed by atoms with Gasteiger partial charge in [-0.15, -0.1) is 0 Å². The standard InChI is InChI=1S/C13H23N5O3S/c1-17-10-12(9-16-17)22(20,21)18-7-3-2-4-11(18)8-15-13(19)5-6-14/h9-11H,2-8,14H2,1H3,(H,15,19). The van der Waals surface area contributed by atoms with Gasteiger partial charge in [0.15, 0.2) is 0 Å². The highest BCUT2D eigenvalue weighted by molar-refractivity contribution is 7.89. The number of amides is 1. The Balaban J connectivity index is 2.10. The zero-order chi connectivity index (χ0) is 16.2. The molecule has 2 rings (SSSR count). The number of piperidine rings is 1. The minimum Gasteiger partial charge on any atom is -0.354 e. The molecule has 1 saturated heterocycles. The summed E-state index contributed by atoms with van der Waals surface area (Å²) in [6.07, 6.45) is 5.62. The number of sulfonamides is 1. The van der Waals surface area contributed by atoms with Gasteiger partial charge in [-0.3, -0.25) is 9.48 Å². The largest absolute Gasteiger partial charge is 0.354 e. The molecule has 0 saturated carbocycles. The van der Waals surface area contributed by atoms with Gasteiger partial charge in [-0.1, -0.05) is 6.42 Å². The van der Waals surface area contributed by atoms with Gasteiger partial charge >= 0.3 is 0 Å². The fourth-order valence-electron chi connectivity index (χ4n) is 2.61. The zero-order valence-electron chi connectivity index (χ0n) is 12.7. The molecule has 1 aliphatic heterocycles. The van der Waals surface area contributed by atoms with Crippen molar-refractivity contribution in [3.05, 3.63) is 12.4 Å². The lowest BCUT2D eigenvalue weighted by atomic mass is 10.1. The summed E-state index contributed by atoms with van der Waals surface area (Å²) in [5, 5.41) is 6.69. The Hall–Kier alpha value is -1.45. The van der Waals surface area contributed by atoms with Crippen LogP contribution in [0.25, 0.3) is 0 Å². The van der Waals surface area contributed by atoms with Gasteiger partial charge in [0, 0.05) is 45.3 Å². The van der Waals surface area contributed by atoms with Crippen molar-refractivity contribution in [2.24, 2.45) is 12.8 Å². The van der Waals surface area contributed by atoms with Crippen LogP contribution >= 0.6 is 0 Å². The van der Waals surface area contributed by atoms with Crippen LogP contribution in [0.1, 0.15) is 25.7 Å². The molecule has 8 nitrogen and oxygen atoms in total. The fourth-order valence-corrected chi connectivity index (χ4v) is 4.29. The summed E-state index contributed by atoms with van der Waals surface area (Å²) >= 11 is 0. The van der Waals surface area contributed by atoms with Crippen LogP contribution < -0.4 is 11.1 Å². The van der Waals surface area contributed by atoms with Crippen LogP contribution in [0.15, 0.2) is 17.3 Å². The molecule has 0 radical (unpaired) electrons. The first-order valence-electron chi connectivity index (χ1n) is 7.42. The van der Waals surface area contributed by atoms with Crippen LogP contribution in [0.3, 0.4) is 0 Å². The molecule has 124 valence electrons. The van der Waals surface area contributed by atoms with Gasteiger partial charge in [-0.2, -0.15) is 9.40 Å². The molecule has 3 N–H and O–H groups in total. The number of hydrogen-bond acceptors (Lipinski definition) is 5. The summed E-state index contributed by atoms with van der Waals surface area (Å²) in [4.78, 5) is 11.7. The van der Waals surface area contributed by atoms with Crippen molar-refractivity contribution in [3.63, 3.8) is 0 Å². The number of nitrogens with one attached hydrogen (secondary N) is 1. The third-order valence-electron chi connectivity index (χ3n) is 3.77. The normalized spacial score (nSPS) is 20.0. The van der Waals surface area contributed by atoms with Crippen LogP contribution in [0.5, 0.6) is 0 Å². The minimum atomic E-state index is -3.58. The Bertz CT molecular complexity index is 613. The second-order valence-corrected chi connectivity index (χ2v) is 7.35. The Labute approximate surface area is 130 Å². The molecule has 1 aromatic heterocycles. The molecule has 2 heterocycles. The Kier molecular flexibility index (Phi) is 5.54. The lowest BCUT2D eigenvalue weighted by Crippen LogP contribution is -2.49. The van der Waals surface area contributed by atoms with Gasteiger partial charge in [-0.05, 0) is 12.8 Å². The molecule has 1 unspecified atom stereocenters. The van der Waals surface area contributed by atoms with Crippen LogP contribution in [-0.2, 0) is 21.9 Å². The van der Waals surface area contributed by atoms with E-state index < -0.39 is 10.0 Å². The number of aryl methyl sites for hydroxylation is 1. The van der Waals surface area contributed by atoms with E-state index in [9.17, 15) is 13.2 Å². The van der Waals surface area contributed by atoms with Gasteiger partial charge in [0.25, 0.3) is 0 Å². The maximum absolute atomic E-state index is 12.7. The van der Waals surface area contributed by atoms with Gasteiger partial charge < -0.3 is 11.1 Å². The average molecular weight is 329 g/mol. The summed E-state index contributed by atoms with van der Waals surface area (Å²) in [6, 6.07) is -0.222. The van der Waals surface area contributed by atoms with E-state index in [4.69, 9.17) is 5.73 Å². The average Bonchev–Trinajstić information content (AvgIpc) is 2.93. The van der Waals surface area contributed by atoms with Crippen LogP contribution in [0, 0.1) is 0 Å². The van der Waals surface area contributed by atoms with Crippen molar-refractivity contribution in [3.8, 4) is 0 Å². The fraction of sp³-hybridized carbons (Fsp3) is 0.692. The second kappa shape index (κ2) is 7.21. The van der Waals surface area contributed by atoms with Crippen molar-refractivity contribution in [1.82, 2.24) is 19.4 Å². The summed E-state index contributed by atoms with van der Waals surface area (Å²) in [7, 11) is -1.90. The van der Waals surface area contributed by atoms with Gasteiger partial charge in [0.1, 0.15) is 4.90 Å². The lowest BCUT2D eigenvalue weighted by Gasteiger charge is -2.34. The maximum atomic E-state index is 12.7. The van der Waals surface area contributed by atoms with Crippen molar-refractivity contribution in [2.45, 2.75) is 36.6 Å². The summed E-state index contributed by atoms with van der Waals surface area (Å²) in [5.41, 5.74) is 5.34. The van der Waals surface area contributed by atoms with Crippen LogP contribution in [-0.4, -0.2) is 54.1 Å². The molecule has 1 aromatic rings. The SMILES string of the molecule is Cn1cc(S(=O)(=O)N2CCCCC2CNC(=O)CCN)cn1. The molecule has 1 fully saturated rings. The first-order chi connectivity index (χ1) is 10.4. The monoisotopic (exact) mass is 329 g/mol. The molecule has 1 amide bonds. The van der Waals surface area contributed by atoms with E-state index in [-0.39, 0.29) is 29.8 Å². The molecule has 0 aromatic carbocycles. The first kappa shape index (κ1) is 16.9. The highest BCUT2D eigenvalue weighted by Crippen LogP contribution is 2.24. The molecule has 0 aliphatic carbocycles. The first-order valence-corrected chi connectivity index (χ1v) is 8.86. The Morgan fingerprint density at radius 2 is 2.27 bits per heavy atom. The van der Waals surface area contributed by atoms with Crippen LogP contribution in [0.4, 0.5) is 0 Å². The number of nitrogens with two attached hydrogens (primary N) is 1. The van der Waals surface area contributed by atoms with Crippen molar-refractivity contribution in [1.29, 1.82) is 0 Å². The van der Waals surface area contributed by atoms with E-state index in [1.807, 2.05) is 0 Å². The minimum absolute atomic E-state index is 0.146. The highest BCUT2D eigenvalue weighted by atomic mass is 32.2. The van der Waals surface area contributed by atoms with E-state index in [0.717, 1.165) is 19.3 Å². The Morgan fingerprint density at radius 3 is 2.91 bits per heavy atom.